The molecule has 3 aromatic heterocycles. The molecule has 0 aromatic carbocycles. The SMILES string of the molecule is Cc1ccc(C(=O)N2CCCCC[C@@H]2c2noc(-c3cnn(C)c3)n2)cn1. The number of likely N-dealkylation sites (tertiary alicyclic amines) is 1. The number of rotatable bonds is 3. The highest BCUT2D eigenvalue weighted by Crippen LogP contribution is 2.31. The molecule has 8 heteroatoms. The van der Waals surface area contributed by atoms with Crippen molar-refractivity contribution in [2.45, 2.75) is 38.6 Å². The smallest absolute Gasteiger partial charge is 0.261 e. The van der Waals surface area contributed by atoms with Gasteiger partial charge >= 0.3 is 0 Å². The number of aryl methyl sites for hydroxylation is 2. The second kappa shape index (κ2) is 7.30. The largest absolute Gasteiger partial charge is 0.334 e. The van der Waals surface area contributed by atoms with Crippen LogP contribution in [0.5, 0.6) is 0 Å². The van der Waals surface area contributed by atoms with Crippen LogP contribution in [0.2, 0.25) is 0 Å². The molecule has 3 aromatic rings. The van der Waals surface area contributed by atoms with E-state index in [-0.39, 0.29) is 11.9 Å². The Morgan fingerprint density at radius 3 is 2.85 bits per heavy atom. The minimum absolute atomic E-state index is 0.0397. The summed E-state index contributed by atoms with van der Waals surface area (Å²) in [6, 6.07) is 3.48. The number of nitrogens with zero attached hydrogens (tertiary/aromatic N) is 6. The third kappa shape index (κ3) is 3.60. The minimum atomic E-state index is -0.199. The summed E-state index contributed by atoms with van der Waals surface area (Å²) in [4.78, 5) is 23.8. The van der Waals surface area contributed by atoms with Gasteiger partial charge in [-0.1, -0.05) is 18.0 Å². The highest BCUT2D eigenvalue weighted by Gasteiger charge is 2.31. The van der Waals surface area contributed by atoms with Gasteiger partial charge in [0.1, 0.15) is 0 Å². The lowest BCUT2D eigenvalue weighted by atomic mass is 10.1. The zero-order valence-corrected chi connectivity index (χ0v) is 15.5. The first kappa shape index (κ1) is 17.4. The summed E-state index contributed by atoms with van der Waals surface area (Å²) in [5.41, 5.74) is 2.24. The fourth-order valence-electron chi connectivity index (χ4n) is 3.40. The highest BCUT2D eigenvalue weighted by atomic mass is 16.5. The van der Waals surface area contributed by atoms with Crippen molar-refractivity contribution in [2.75, 3.05) is 6.54 Å². The molecule has 0 radical (unpaired) electrons. The summed E-state index contributed by atoms with van der Waals surface area (Å²) >= 11 is 0. The molecule has 1 aliphatic rings. The fraction of sp³-hybridized carbons (Fsp3) is 0.421. The fourth-order valence-corrected chi connectivity index (χ4v) is 3.40. The van der Waals surface area contributed by atoms with Gasteiger partial charge in [-0.2, -0.15) is 10.1 Å². The van der Waals surface area contributed by atoms with Crippen LogP contribution in [-0.4, -0.2) is 42.3 Å². The van der Waals surface area contributed by atoms with Crippen molar-refractivity contribution >= 4 is 5.91 Å². The quantitative estimate of drug-likeness (QED) is 0.708. The van der Waals surface area contributed by atoms with E-state index in [1.165, 1.54) is 0 Å². The van der Waals surface area contributed by atoms with Gasteiger partial charge in [0, 0.05) is 31.7 Å². The Hall–Kier alpha value is -3.03. The van der Waals surface area contributed by atoms with Gasteiger partial charge in [-0.15, -0.1) is 0 Å². The van der Waals surface area contributed by atoms with Gasteiger partial charge in [0.15, 0.2) is 5.82 Å². The molecule has 1 atom stereocenters. The van der Waals surface area contributed by atoms with Crippen LogP contribution in [0.15, 0.2) is 35.2 Å². The number of hydrogen-bond donors (Lipinski definition) is 0. The van der Waals surface area contributed by atoms with E-state index in [2.05, 4.69) is 20.2 Å². The normalized spacial score (nSPS) is 17.7. The zero-order valence-electron chi connectivity index (χ0n) is 15.5. The van der Waals surface area contributed by atoms with E-state index in [9.17, 15) is 4.79 Å². The lowest BCUT2D eigenvalue weighted by Gasteiger charge is -2.27. The Balaban J connectivity index is 1.63. The Kier molecular flexibility index (Phi) is 4.70. The molecule has 0 N–H and O–H groups in total. The van der Waals surface area contributed by atoms with Crippen LogP contribution in [-0.2, 0) is 7.05 Å². The topological polar surface area (TPSA) is 89.9 Å². The van der Waals surface area contributed by atoms with E-state index < -0.39 is 0 Å². The molecule has 0 bridgehead atoms. The monoisotopic (exact) mass is 366 g/mol. The van der Waals surface area contributed by atoms with E-state index in [1.807, 2.05) is 37.2 Å². The van der Waals surface area contributed by atoms with Gasteiger partial charge in [-0.05, 0) is 31.9 Å². The molecular weight excluding hydrogens is 344 g/mol. The van der Waals surface area contributed by atoms with Crippen LogP contribution in [0.3, 0.4) is 0 Å². The lowest BCUT2D eigenvalue weighted by Crippen LogP contribution is -2.35. The Labute approximate surface area is 157 Å². The molecule has 1 amide bonds. The first-order valence-corrected chi connectivity index (χ1v) is 9.18. The Morgan fingerprint density at radius 2 is 2.11 bits per heavy atom. The standard InChI is InChI=1S/C19H22N6O2/c1-13-7-8-14(10-20-13)19(26)25-9-5-3-4-6-16(25)17-22-18(27-23-17)15-11-21-24(2)12-15/h7-8,10-12,16H,3-6,9H2,1-2H3/t16-/m1/s1. The van der Waals surface area contributed by atoms with Crippen molar-refractivity contribution in [3.05, 3.63) is 47.8 Å². The van der Waals surface area contributed by atoms with Crippen molar-refractivity contribution in [2.24, 2.45) is 7.05 Å². The third-order valence-electron chi connectivity index (χ3n) is 4.86. The van der Waals surface area contributed by atoms with E-state index in [1.54, 1.807) is 17.1 Å². The first-order valence-electron chi connectivity index (χ1n) is 9.18. The summed E-state index contributed by atoms with van der Waals surface area (Å²) in [5, 5.41) is 8.31. The maximum atomic E-state index is 13.1. The number of carbonyl (C=O) groups excluding carboxylic acids is 1. The lowest BCUT2D eigenvalue weighted by molar-refractivity contribution is 0.0670. The average molecular weight is 366 g/mol. The second-order valence-electron chi connectivity index (χ2n) is 6.91. The third-order valence-corrected chi connectivity index (χ3v) is 4.86. The summed E-state index contributed by atoms with van der Waals surface area (Å²) < 4.78 is 7.13. The summed E-state index contributed by atoms with van der Waals surface area (Å²) in [7, 11) is 1.84. The van der Waals surface area contributed by atoms with E-state index >= 15 is 0 Å². The molecular formula is C19H22N6O2. The van der Waals surface area contributed by atoms with Crippen molar-refractivity contribution < 1.29 is 9.32 Å². The molecule has 1 aliphatic heterocycles. The number of carbonyl (C=O) groups is 1. The van der Waals surface area contributed by atoms with Crippen LogP contribution in [0, 0.1) is 6.92 Å². The van der Waals surface area contributed by atoms with E-state index in [0.29, 0.717) is 23.8 Å². The second-order valence-corrected chi connectivity index (χ2v) is 6.91. The molecule has 0 saturated carbocycles. The molecule has 1 fully saturated rings. The van der Waals surface area contributed by atoms with Gasteiger partial charge in [-0.25, -0.2) is 0 Å². The van der Waals surface area contributed by atoms with E-state index in [4.69, 9.17) is 4.52 Å². The Bertz CT molecular complexity index is 930. The average Bonchev–Trinajstić information content (AvgIpc) is 3.25. The minimum Gasteiger partial charge on any atom is -0.334 e. The number of aromatic nitrogens is 5. The van der Waals surface area contributed by atoms with Crippen LogP contribution in [0.25, 0.3) is 11.5 Å². The Morgan fingerprint density at radius 1 is 1.22 bits per heavy atom. The van der Waals surface area contributed by atoms with Gasteiger partial charge in [0.25, 0.3) is 11.8 Å². The van der Waals surface area contributed by atoms with Gasteiger partial charge in [0.05, 0.1) is 23.4 Å². The van der Waals surface area contributed by atoms with Crippen LogP contribution >= 0.6 is 0 Å². The molecule has 8 nitrogen and oxygen atoms in total. The number of pyridine rings is 1. The zero-order chi connectivity index (χ0) is 18.8. The van der Waals surface area contributed by atoms with Crippen LogP contribution in [0.4, 0.5) is 0 Å². The molecule has 4 heterocycles. The molecule has 27 heavy (non-hydrogen) atoms. The van der Waals surface area contributed by atoms with E-state index in [0.717, 1.165) is 36.9 Å². The molecule has 1 saturated heterocycles. The van der Waals surface area contributed by atoms with Gasteiger partial charge in [0.2, 0.25) is 0 Å². The number of amides is 1. The first-order chi connectivity index (χ1) is 13.1. The summed E-state index contributed by atoms with van der Waals surface area (Å²) in [5.74, 6) is 0.929. The predicted molar refractivity (Wildman–Crippen MR) is 97.7 cm³/mol. The molecule has 4 rings (SSSR count). The van der Waals surface area contributed by atoms with Crippen molar-refractivity contribution in [3.8, 4) is 11.5 Å². The molecule has 0 unspecified atom stereocenters. The summed E-state index contributed by atoms with van der Waals surface area (Å²) in [6.45, 7) is 2.58. The highest BCUT2D eigenvalue weighted by molar-refractivity contribution is 5.94. The molecule has 0 spiro atoms. The number of hydrogen-bond acceptors (Lipinski definition) is 6. The van der Waals surface area contributed by atoms with Crippen molar-refractivity contribution in [3.63, 3.8) is 0 Å². The van der Waals surface area contributed by atoms with Gasteiger partial charge < -0.3 is 9.42 Å². The maximum absolute atomic E-state index is 13.1. The van der Waals surface area contributed by atoms with Crippen LogP contribution < -0.4 is 0 Å². The van der Waals surface area contributed by atoms with Crippen molar-refractivity contribution in [1.82, 2.24) is 29.8 Å². The van der Waals surface area contributed by atoms with Crippen LogP contribution in [0.1, 0.15) is 53.6 Å². The predicted octanol–water partition coefficient (Wildman–Crippen LogP) is 2.93. The van der Waals surface area contributed by atoms with Gasteiger partial charge in [-0.3, -0.25) is 14.5 Å². The van der Waals surface area contributed by atoms with Crippen molar-refractivity contribution in [1.29, 1.82) is 0 Å². The summed E-state index contributed by atoms with van der Waals surface area (Å²) in [6.07, 6.45) is 9.04. The molecule has 140 valence electrons. The maximum Gasteiger partial charge on any atom is 0.261 e. The molecule has 0 aliphatic carbocycles.